The monoisotopic (exact) mass is 342 g/mol. The third kappa shape index (κ3) is 2.62. The molecule has 0 spiro atoms. The molecule has 1 heterocycles. The Hall–Kier alpha value is -1.84. The number of benzene rings is 2. The Morgan fingerprint density at radius 1 is 1.00 bits per heavy atom. The van der Waals surface area contributed by atoms with Crippen LogP contribution >= 0.6 is 11.6 Å². The molecule has 2 aliphatic rings. The highest BCUT2D eigenvalue weighted by Crippen LogP contribution is 2.45. The first-order valence-electron chi connectivity index (χ1n) is 8.46. The second-order valence-electron chi connectivity index (χ2n) is 6.44. The molecule has 0 radical (unpaired) electrons. The van der Waals surface area contributed by atoms with E-state index in [4.69, 9.17) is 21.1 Å². The summed E-state index contributed by atoms with van der Waals surface area (Å²) in [5, 5.41) is 0.643. The fourth-order valence-electron chi connectivity index (χ4n) is 3.65. The number of halogens is 1. The second-order valence-corrected chi connectivity index (χ2v) is 6.87. The Kier molecular flexibility index (Phi) is 4.07. The van der Waals surface area contributed by atoms with Crippen LogP contribution in [0.5, 0.6) is 0 Å². The molecule has 1 saturated carbocycles. The van der Waals surface area contributed by atoms with Crippen LogP contribution in [0.3, 0.4) is 0 Å². The van der Waals surface area contributed by atoms with E-state index in [2.05, 4.69) is 0 Å². The lowest BCUT2D eigenvalue weighted by Gasteiger charge is -2.35. The smallest absolute Gasteiger partial charge is 0.341 e. The van der Waals surface area contributed by atoms with Crippen LogP contribution in [0.15, 0.2) is 48.5 Å². The third-order valence-electron chi connectivity index (χ3n) is 4.85. The van der Waals surface area contributed by atoms with Crippen molar-refractivity contribution in [2.45, 2.75) is 44.0 Å². The van der Waals surface area contributed by atoms with Gasteiger partial charge in [-0.3, -0.25) is 0 Å². The van der Waals surface area contributed by atoms with Gasteiger partial charge in [-0.15, -0.1) is 0 Å². The van der Waals surface area contributed by atoms with Gasteiger partial charge in [0.1, 0.15) is 0 Å². The molecule has 0 unspecified atom stereocenters. The molecule has 0 N–H and O–H groups in total. The molecule has 0 saturated heterocycles. The quantitative estimate of drug-likeness (QED) is 0.731. The largest absolute Gasteiger partial charge is 0.420 e. The first kappa shape index (κ1) is 15.7. The van der Waals surface area contributed by atoms with Gasteiger partial charge < -0.3 is 9.47 Å². The van der Waals surface area contributed by atoms with E-state index in [9.17, 15) is 4.79 Å². The lowest BCUT2D eigenvalue weighted by atomic mass is 9.93. The minimum absolute atomic E-state index is 0.0911. The van der Waals surface area contributed by atoms with Gasteiger partial charge in [0.25, 0.3) is 5.79 Å². The predicted octanol–water partition coefficient (Wildman–Crippen LogP) is 5.06. The second kappa shape index (κ2) is 6.23. The Balaban J connectivity index is 1.81. The van der Waals surface area contributed by atoms with E-state index in [0.717, 1.165) is 36.8 Å². The Morgan fingerprint density at radius 2 is 1.71 bits per heavy atom. The fraction of sp³-hybridized carbons (Fsp3) is 0.350. The summed E-state index contributed by atoms with van der Waals surface area (Å²) in [6.45, 7) is 0. The van der Waals surface area contributed by atoms with Crippen molar-refractivity contribution in [2.75, 3.05) is 0 Å². The summed E-state index contributed by atoms with van der Waals surface area (Å²) in [7, 11) is 0. The van der Waals surface area contributed by atoms with Gasteiger partial charge in [-0.2, -0.15) is 0 Å². The topological polar surface area (TPSA) is 35.5 Å². The van der Waals surface area contributed by atoms with E-state index in [1.807, 2.05) is 30.3 Å². The highest BCUT2D eigenvalue weighted by molar-refractivity contribution is 6.30. The molecule has 124 valence electrons. The van der Waals surface area contributed by atoms with Crippen molar-refractivity contribution in [3.63, 3.8) is 0 Å². The number of carbonyl (C=O) groups is 1. The van der Waals surface area contributed by atoms with Crippen LogP contribution in [0.25, 0.3) is 0 Å². The molecule has 0 aromatic heterocycles. The summed E-state index contributed by atoms with van der Waals surface area (Å²) in [6, 6.07) is 14.8. The highest BCUT2D eigenvalue weighted by Gasteiger charge is 2.49. The van der Waals surface area contributed by atoms with Crippen LogP contribution in [0.1, 0.15) is 53.6 Å². The van der Waals surface area contributed by atoms with Crippen LogP contribution in [-0.2, 0) is 15.3 Å². The summed E-state index contributed by atoms with van der Waals surface area (Å²) in [5.74, 6) is -1.50. The van der Waals surface area contributed by atoms with E-state index in [1.54, 1.807) is 18.2 Å². The number of rotatable bonds is 3. The van der Waals surface area contributed by atoms with E-state index in [1.165, 1.54) is 6.42 Å². The summed E-state index contributed by atoms with van der Waals surface area (Å²) in [4.78, 5) is 12.4. The maximum atomic E-state index is 12.4. The minimum atomic E-state index is -1.17. The molecule has 0 amide bonds. The molecule has 1 aliphatic heterocycles. The van der Waals surface area contributed by atoms with Crippen molar-refractivity contribution >= 4 is 17.6 Å². The molecule has 2 aromatic rings. The van der Waals surface area contributed by atoms with Crippen LogP contribution in [0.2, 0.25) is 5.02 Å². The zero-order valence-corrected chi connectivity index (χ0v) is 14.1. The van der Waals surface area contributed by atoms with Gasteiger partial charge >= 0.3 is 5.97 Å². The zero-order chi connectivity index (χ0) is 16.6. The number of cyclic esters (lactones) is 1. The van der Waals surface area contributed by atoms with Crippen molar-refractivity contribution in [2.24, 2.45) is 0 Å². The van der Waals surface area contributed by atoms with Crippen molar-refractivity contribution in [3.8, 4) is 0 Å². The van der Waals surface area contributed by atoms with Crippen LogP contribution in [-0.4, -0.2) is 12.1 Å². The normalized spacial score (nSPS) is 23.8. The number of ether oxygens (including phenoxy) is 2. The van der Waals surface area contributed by atoms with Gasteiger partial charge in [0.15, 0.2) is 0 Å². The summed E-state index contributed by atoms with van der Waals surface area (Å²) < 4.78 is 12.3. The fourth-order valence-corrected chi connectivity index (χ4v) is 3.77. The van der Waals surface area contributed by atoms with Crippen LogP contribution in [0, 0.1) is 0 Å². The summed E-state index contributed by atoms with van der Waals surface area (Å²) in [5.41, 5.74) is 2.15. The first-order valence-corrected chi connectivity index (χ1v) is 8.83. The molecule has 1 aliphatic carbocycles. The van der Waals surface area contributed by atoms with E-state index >= 15 is 0 Å². The lowest BCUT2D eigenvalue weighted by Crippen LogP contribution is -2.36. The van der Waals surface area contributed by atoms with E-state index in [-0.39, 0.29) is 12.1 Å². The molecule has 1 fully saturated rings. The molecule has 1 atom stereocenters. The number of esters is 1. The van der Waals surface area contributed by atoms with Gasteiger partial charge in [-0.1, -0.05) is 61.2 Å². The van der Waals surface area contributed by atoms with Crippen molar-refractivity contribution in [1.29, 1.82) is 0 Å². The average Bonchev–Trinajstić information content (AvgIpc) is 2.90. The molecule has 24 heavy (non-hydrogen) atoms. The van der Waals surface area contributed by atoms with Gasteiger partial charge in [0.05, 0.1) is 11.7 Å². The molecule has 3 nitrogen and oxygen atoms in total. The van der Waals surface area contributed by atoms with Gasteiger partial charge in [-0.05, 0) is 31.0 Å². The number of hydrogen-bond donors (Lipinski definition) is 0. The van der Waals surface area contributed by atoms with Crippen LogP contribution < -0.4 is 0 Å². The minimum Gasteiger partial charge on any atom is -0.420 e. The maximum absolute atomic E-state index is 12.4. The zero-order valence-electron chi connectivity index (χ0n) is 13.3. The highest BCUT2D eigenvalue weighted by atomic mass is 35.5. The molecular weight excluding hydrogens is 324 g/mol. The third-order valence-corrected chi connectivity index (χ3v) is 5.10. The summed E-state index contributed by atoms with van der Waals surface area (Å²) in [6.07, 6.45) is 5.62. The molecule has 4 heteroatoms. The van der Waals surface area contributed by atoms with Crippen LogP contribution in [0.4, 0.5) is 0 Å². The molecule has 2 aromatic carbocycles. The van der Waals surface area contributed by atoms with Gasteiger partial charge in [0.2, 0.25) is 0 Å². The number of carbonyl (C=O) groups excluding carboxylic acids is 1. The van der Waals surface area contributed by atoms with Gasteiger partial charge in [0, 0.05) is 16.1 Å². The van der Waals surface area contributed by atoms with Gasteiger partial charge in [-0.25, -0.2) is 4.79 Å². The van der Waals surface area contributed by atoms with E-state index in [0.29, 0.717) is 10.6 Å². The molecule has 0 bridgehead atoms. The SMILES string of the molecule is O=C1O[C@](OC2CCCCC2)(c2ccc(Cl)cc2)c2ccccc21. The molecular formula is C20H19ClO3. The molecule has 4 rings (SSSR count). The Bertz CT molecular complexity index is 750. The van der Waals surface area contributed by atoms with Crippen molar-refractivity contribution in [1.82, 2.24) is 0 Å². The predicted molar refractivity (Wildman–Crippen MR) is 92.0 cm³/mol. The number of fused-ring (bicyclic) bond motifs is 1. The number of hydrogen-bond acceptors (Lipinski definition) is 3. The lowest BCUT2D eigenvalue weighted by molar-refractivity contribution is -0.208. The van der Waals surface area contributed by atoms with Crippen molar-refractivity contribution < 1.29 is 14.3 Å². The first-order chi connectivity index (χ1) is 11.7. The summed E-state index contributed by atoms with van der Waals surface area (Å²) >= 11 is 6.04. The maximum Gasteiger partial charge on any atom is 0.341 e. The Labute approximate surface area is 146 Å². The average molecular weight is 343 g/mol. The van der Waals surface area contributed by atoms with Crippen molar-refractivity contribution in [3.05, 3.63) is 70.2 Å². The standard InChI is InChI=1S/C20H19ClO3/c21-15-12-10-14(11-13-15)20(23-16-6-2-1-3-7-16)18-9-5-4-8-17(18)19(22)24-20/h4-5,8-13,16H,1-3,6-7H2/t20-/m1/s1. The van der Waals surface area contributed by atoms with E-state index < -0.39 is 5.79 Å². The Morgan fingerprint density at radius 3 is 2.46 bits per heavy atom.